The van der Waals surface area contributed by atoms with Crippen molar-refractivity contribution >= 4 is 0 Å². The zero-order valence-electron chi connectivity index (χ0n) is 30.4. The molecule has 0 spiro atoms. The van der Waals surface area contributed by atoms with Gasteiger partial charge in [-0.25, -0.2) is 0 Å². The molecular formula is C40H74O6. The molecule has 1 rings (SSSR count). The third kappa shape index (κ3) is 31.4. The Morgan fingerprint density at radius 3 is 1.07 bits per heavy atom. The van der Waals surface area contributed by atoms with Gasteiger partial charge in [0.25, 0.3) is 0 Å². The zero-order valence-corrected chi connectivity index (χ0v) is 30.4. The summed E-state index contributed by atoms with van der Waals surface area (Å²) in [5.74, 6) is 0.903. The van der Waals surface area contributed by atoms with Crippen LogP contribution in [0.2, 0.25) is 0 Å². The molecule has 0 aliphatic carbocycles. The van der Waals surface area contributed by atoms with Crippen molar-refractivity contribution in [3.63, 3.8) is 0 Å². The van der Waals surface area contributed by atoms with Gasteiger partial charge in [-0.2, -0.15) is 0 Å². The van der Waals surface area contributed by atoms with E-state index >= 15 is 0 Å². The summed E-state index contributed by atoms with van der Waals surface area (Å²) >= 11 is 0. The van der Waals surface area contributed by atoms with Crippen LogP contribution in [0.1, 0.15) is 148 Å². The molecule has 46 heavy (non-hydrogen) atoms. The van der Waals surface area contributed by atoms with E-state index in [9.17, 15) is 0 Å². The van der Waals surface area contributed by atoms with Gasteiger partial charge in [-0.05, 0) is 37.0 Å². The Kier molecular flexibility index (Phi) is 34.1. The predicted octanol–water partition coefficient (Wildman–Crippen LogP) is 10.5. The smallest absolute Gasteiger partial charge is 0.119 e. The minimum Gasteiger partial charge on any atom is -0.491 e. The monoisotopic (exact) mass is 651 g/mol. The molecule has 0 unspecified atom stereocenters. The molecule has 0 heterocycles. The summed E-state index contributed by atoms with van der Waals surface area (Å²) in [6, 6.07) is 8.49. The quantitative estimate of drug-likeness (QED) is 0.0664. The first-order valence-corrected chi connectivity index (χ1v) is 19.5. The maximum atomic E-state index is 5.79. The van der Waals surface area contributed by atoms with Crippen LogP contribution >= 0.6 is 0 Å². The maximum absolute atomic E-state index is 5.79. The number of unbranched alkanes of at least 4 members (excludes halogenated alkanes) is 18. The van der Waals surface area contributed by atoms with Crippen molar-refractivity contribution in [1.82, 2.24) is 0 Å². The molecule has 6 nitrogen and oxygen atoms in total. The van der Waals surface area contributed by atoms with Crippen LogP contribution in [0.5, 0.6) is 5.75 Å². The van der Waals surface area contributed by atoms with Gasteiger partial charge in [0.1, 0.15) is 12.4 Å². The molecule has 0 saturated carbocycles. The lowest BCUT2D eigenvalue weighted by molar-refractivity contribution is -0.0128. The van der Waals surface area contributed by atoms with E-state index in [1.165, 1.54) is 128 Å². The van der Waals surface area contributed by atoms with Gasteiger partial charge in [-0.3, -0.25) is 0 Å². The van der Waals surface area contributed by atoms with Crippen LogP contribution in [0.3, 0.4) is 0 Å². The number of rotatable bonds is 38. The minimum atomic E-state index is 0.546. The molecule has 0 radical (unpaired) electrons. The van der Waals surface area contributed by atoms with Gasteiger partial charge in [0.2, 0.25) is 0 Å². The molecule has 0 aromatic heterocycles. The highest BCUT2D eigenvalue weighted by molar-refractivity contribution is 5.27. The van der Waals surface area contributed by atoms with Gasteiger partial charge in [-0.1, -0.05) is 142 Å². The number of benzene rings is 1. The lowest BCUT2D eigenvalue weighted by atomic mass is 10.0. The van der Waals surface area contributed by atoms with E-state index in [1.807, 2.05) is 0 Å². The van der Waals surface area contributed by atoms with Crippen molar-refractivity contribution in [2.45, 2.75) is 149 Å². The largest absolute Gasteiger partial charge is 0.491 e. The molecule has 0 atom stereocenters. The fourth-order valence-electron chi connectivity index (χ4n) is 5.46. The molecular weight excluding hydrogens is 576 g/mol. The molecule has 0 aliphatic rings. The van der Waals surface area contributed by atoms with Crippen LogP contribution in [-0.2, 0) is 30.1 Å². The average molecular weight is 651 g/mol. The van der Waals surface area contributed by atoms with Crippen molar-refractivity contribution in [2.75, 3.05) is 72.7 Å². The number of hydrogen-bond acceptors (Lipinski definition) is 6. The molecule has 1 aromatic carbocycles. The summed E-state index contributed by atoms with van der Waals surface area (Å²) in [5, 5.41) is 0. The molecule has 270 valence electrons. The van der Waals surface area contributed by atoms with Gasteiger partial charge in [-0.15, -0.1) is 0 Å². The highest BCUT2D eigenvalue weighted by atomic mass is 16.6. The highest BCUT2D eigenvalue weighted by Gasteiger charge is 1.99. The van der Waals surface area contributed by atoms with Crippen LogP contribution in [0.25, 0.3) is 0 Å². The number of hydrogen-bond donors (Lipinski definition) is 0. The van der Waals surface area contributed by atoms with Crippen molar-refractivity contribution in [2.24, 2.45) is 0 Å². The third-order valence-corrected chi connectivity index (χ3v) is 8.37. The molecule has 0 saturated heterocycles. The molecule has 0 bridgehead atoms. The van der Waals surface area contributed by atoms with E-state index < -0.39 is 0 Å². The van der Waals surface area contributed by atoms with Crippen molar-refractivity contribution in [1.29, 1.82) is 0 Å². The van der Waals surface area contributed by atoms with E-state index in [1.54, 1.807) is 0 Å². The summed E-state index contributed by atoms with van der Waals surface area (Å²) in [6.45, 7) is 11.2. The molecule has 0 amide bonds. The number of aryl methyl sites for hydroxylation is 1. The Hall–Kier alpha value is -1.18. The maximum Gasteiger partial charge on any atom is 0.119 e. The molecule has 0 N–H and O–H groups in total. The highest BCUT2D eigenvalue weighted by Crippen LogP contribution is 2.15. The lowest BCUT2D eigenvalue weighted by Crippen LogP contribution is -2.14. The fraction of sp³-hybridized carbons (Fsp3) is 0.850. The first kappa shape index (κ1) is 42.8. The first-order chi connectivity index (χ1) is 22.9. The summed E-state index contributed by atoms with van der Waals surface area (Å²) in [4.78, 5) is 0. The molecule has 1 aromatic rings. The Morgan fingerprint density at radius 1 is 0.326 bits per heavy atom. The van der Waals surface area contributed by atoms with E-state index in [2.05, 4.69) is 38.1 Å². The summed E-state index contributed by atoms with van der Waals surface area (Å²) in [6.07, 6.45) is 28.5. The Labute approximate surface area is 285 Å². The molecule has 6 heteroatoms. The van der Waals surface area contributed by atoms with Crippen LogP contribution in [0.4, 0.5) is 0 Å². The van der Waals surface area contributed by atoms with E-state index in [0.717, 1.165) is 25.2 Å². The van der Waals surface area contributed by atoms with Gasteiger partial charge < -0.3 is 28.4 Å². The second kappa shape index (κ2) is 36.7. The Bertz CT molecular complexity index is 697. The average Bonchev–Trinajstić information content (AvgIpc) is 3.08. The van der Waals surface area contributed by atoms with Crippen LogP contribution in [0.15, 0.2) is 24.3 Å². The number of ether oxygens (including phenoxy) is 6. The van der Waals surface area contributed by atoms with Gasteiger partial charge in [0, 0.05) is 6.61 Å². The van der Waals surface area contributed by atoms with Crippen molar-refractivity contribution in [3.05, 3.63) is 29.8 Å². The van der Waals surface area contributed by atoms with Crippen LogP contribution in [0, 0.1) is 0 Å². The standard InChI is InChI=1S/C40H74O6/c1-3-5-7-9-11-12-13-14-15-16-17-18-20-22-28-41-29-30-42-31-32-43-33-34-44-35-36-45-37-38-46-40-26-24-39(25-27-40)23-21-19-10-8-6-4-2/h24-27H,3-23,28-38H2,1-2H3. The first-order valence-electron chi connectivity index (χ1n) is 19.5. The second-order valence-electron chi connectivity index (χ2n) is 12.7. The van der Waals surface area contributed by atoms with Gasteiger partial charge >= 0.3 is 0 Å². The third-order valence-electron chi connectivity index (χ3n) is 8.37. The van der Waals surface area contributed by atoms with Crippen LogP contribution in [-0.4, -0.2) is 72.7 Å². The van der Waals surface area contributed by atoms with Crippen molar-refractivity contribution < 1.29 is 28.4 Å². The molecule has 0 aliphatic heterocycles. The van der Waals surface area contributed by atoms with Crippen LogP contribution < -0.4 is 4.74 Å². The Balaban J connectivity index is 1.70. The topological polar surface area (TPSA) is 55.4 Å². The predicted molar refractivity (Wildman–Crippen MR) is 193 cm³/mol. The fourth-order valence-corrected chi connectivity index (χ4v) is 5.46. The summed E-state index contributed by atoms with van der Waals surface area (Å²) in [5.41, 5.74) is 1.39. The summed E-state index contributed by atoms with van der Waals surface area (Å²) in [7, 11) is 0. The second-order valence-corrected chi connectivity index (χ2v) is 12.7. The normalized spacial score (nSPS) is 11.4. The zero-order chi connectivity index (χ0) is 32.9. The van der Waals surface area contributed by atoms with Gasteiger partial charge in [0.15, 0.2) is 0 Å². The summed E-state index contributed by atoms with van der Waals surface area (Å²) < 4.78 is 33.8. The SMILES string of the molecule is CCCCCCCCCCCCCCCCOCCOCCOCCOCCOCCOc1ccc(CCCCCCCC)cc1. The lowest BCUT2D eigenvalue weighted by Gasteiger charge is -2.09. The van der Waals surface area contributed by atoms with E-state index in [-0.39, 0.29) is 0 Å². The minimum absolute atomic E-state index is 0.546. The Morgan fingerprint density at radius 2 is 0.652 bits per heavy atom. The van der Waals surface area contributed by atoms with Crippen molar-refractivity contribution in [3.8, 4) is 5.75 Å². The molecule has 0 fully saturated rings. The van der Waals surface area contributed by atoms with E-state index in [0.29, 0.717) is 66.1 Å². The van der Waals surface area contributed by atoms with E-state index in [4.69, 9.17) is 28.4 Å². The van der Waals surface area contributed by atoms with Gasteiger partial charge in [0.05, 0.1) is 59.5 Å².